The highest BCUT2D eigenvalue weighted by atomic mass is 35.5. The van der Waals surface area contributed by atoms with Crippen LogP contribution in [0, 0.1) is 6.92 Å². The van der Waals surface area contributed by atoms with Crippen LogP contribution in [-0.4, -0.2) is 17.5 Å². The Labute approximate surface area is 86.1 Å². The maximum absolute atomic E-state index is 12.9. The van der Waals surface area contributed by atoms with Gasteiger partial charge in [0.1, 0.15) is 5.15 Å². The smallest absolute Gasteiger partial charge is 0.264 e. The van der Waals surface area contributed by atoms with Crippen molar-refractivity contribution in [2.75, 3.05) is 6.54 Å². The van der Waals surface area contributed by atoms with Crippen LogP contribution in [0.15, 0.2) is 12.3 Å². The van der Waals surface area contributed by atoms with E-state index in [0.29, 0.717) is 16.3 Å². The van der Waals surface area contributed by atoms with Gasteiger partial charge in [-0.2, -0.15) is 0 Å². The van der Waals surface area contributed by atoms with Gasteiger partial charge < -0.3 is 5.73 Å². The fourth-order valence-electron chi connectivity index (χ4n) is 1.08. The largest absolute Gasteiger partial charge is 0.325 e. The van der Waals surface area contributed by atoms with Crippen molar-refractivity contribution < 1.29 is 8.78 Å². The zero-order chi connectivity index (χ0) is 10.8. The molecule has 2 N–H and O–H groups in total. The molecule has 1 heterocycles. The van der Waals surface area contributed by atoms with Crippen molar-refractivity contribution in [3.8, 4) is 0 Å². The second kappa shape index (κ2) is 4.19. The first-order valence-electron chi connectivity index (χ1n) is 4.13. The third kappa shape index (κ3) is 2.89. The molecule has 1 aromatic heterocycles. The Balaban J connectivity index is 2.83. The molecule has 2 nitrogen and oxygen atoms in total. The lowest BCUT2D eigenvalue weighted by Gasteiger charge is -2.13. The number of nitrogens with two attached hydrogens (primary N) is 1. The van der Waals surface area contributed by atoms with E-state index in [1.54, 1.807) is 13.0 Å². The fraction of sp³-hybridized carbons (Fsp3) is 0.444. The monoisotopic (exact) mass is 220 g/mol. The second-order valence-corrected chi connectivity index (χ2v) is 3.55. The molecule has 0 aliphatic carbocycles. The Morgan fingerprint density at radius 3 is 2.71 bits per heavy atom. The quantitative estimate of drug-likeness (QED) is 0.793. The van der Waals surface area contributed by atoms with Crippen molar-refractivity contribution in [1.82, 2.24) is 4.98 Å². The SMILES string of the molecule is Cc1cc(CC(F)(F)CN)cnc1Cl. The van der Waals surface area contributed by atoms with Crippen LogP contribution in [0.4, 0.5) is 8.78 Å². The first-order valence-corrected chi connectivity index (χ1v) is 4.51. The molecule has 0 spiro atoms. The zero-order valence-electron chi connectivity index (χ0n) is 7.73. The van der Waals surface area contributed by atoms with Gasteiger partial charge in [0, 0.05) is 12.6 Å². The Kier molecular flexibility index (Phi) is 3.39. The van der Waals surface area contributed by atoms with Gasteiger partial charge in [0.05, 0.1) is 6.54 Å². The fourth-order valence-corrected chi connectivity index (χ4v) is 1.19. The minimum absolute atomic E-state index is 0.338. The molecule has 0 aromatic carbocycles. The van der Waals surface area contributed by atoms with Crippen molar-refractivity contribution in [1.29, 1.82) is 0 Å². The molecule has 1 aromatic rings. The molecule has 0 aliphatic rings. The van der Waals surface area contributed by atoms with E-state index in [1.807, 2.05) is 0 Å². The van der Waals surface area contributed by atoms with Crippen LogP contribution >= 0.6 is 11.6 Å². The molecule has 0 atom stereocenters. The number of hydrogen-bond acceptors (Lipinski definition) is 2. The predicted octanol–water partition coefficient (Wildman–Crippen LogP) is 2.18. The average Bonchev–Trinajstić information content (AvgIpc) is 2.11. The summed E-state index contributed by atoms with van der Waals surface area (Å²) >= 11 is 5.66. The van der Waals surface area contributed by atoms with E-state index in [4.69, 9.17) is 17.3 Å². The van der Waals surface area contributed by atoms with Crippen LogP contribution in [0.2, 0.25) is 5.15 Å². The number of rotatable bonds is 3. The topological polar surface area (TPSA) is 38.9 Å². The molecule has 78 valence electrons. The van der Waals surface area contributed by atoms with E-state index in [1.165, 1.54) is 6.20 Å². The van der Waals surface area contributed by atoms with Gasteiger partial charge >= 0.3 is 0 Å². The molecular weight excluding hydrogens is 210 g/mol. The van der Waals surface area contributed by atoms with Crippen molar-refractivity contribution >= 4 is 11.6 Å². The van der Waals surface area contributed by atoms with Crippen LogP contribution in [0.1, 0.15) is 11.1 Å². The molecule has 0 saturated carbocycles. The summed E-state index contributed by atoms with van der Waals surface area (Å²) in [6.07, 6.45) is 0.952. The highest BCUT2D eigenvalue weighted by Gasteiger charge is 2.27. The van der Waals surface area contributed by atoms with Crippen molar-refractivity contribution in [2.45, 2.75) is 19.3 Å². The van der Waals surface area contributed by atoms with Crippen molar-refractivity contribution in [3.63, 3.8) is 0 Å². The maximum Gasteiger partial charge on any atom is 0.264 e. The number of halogens is 3. The average molecular weight is 221 g/mol. The Hall–Kier alpha value is -0.740. The van der Waals surface area contributed by atoms with E-state index in [9.17, 15) is 8.78 Å². The summed E-state index contributed by atoms with van der Waals surface area (Å²) in [4.78, 5) is 3.79. The Morgan fingerprint density at radius 2 is 2.21 bits per heavy atom. The predicted molar refractivity (Wildman–Crippen MR) is 51.7 cm³/mol. The van der Waals surface area contributed by atoms with Crippen LogP contribution < -0.4 is 5.73 Å². The van der Waals surface area contributed by atoms with Gasteiger partial charge in [-0.05, 0) is 18.1 Å². The maximum atomic E-state index is 12.9. The van der Waals surface area contributed by atoms with Gasteiger partial charge in [0.2, 0.25) is 0 Å². The molecule has 0 amide bonds. The van der Waals surface area contributed by atoms with E-state index in [2.05, 4.69) is 4.98 Å². The number of hydrogen-bond donors (Lipinski definition) is 1. The van der Waals surface area contributed by atoms with E-state index in [-0.39, 0.29) is 0 Å². The first kappa shape index (κ1) is 11.3. The summed E-state index contributed by atoms with van der Waals surface area (Å²) < 4.78 is 25.8. The molecule has 5 heteroatoms. The Morgan fingerprint density at radius 1 is 1.57 bits per heavy atom. The number of alkyl halides is 2. The van der Waals surface area contributed by atoms with E-state index >= 15 is 0 Å². The zero-order valence-corrected chi connectivity index (χ0v) is 8.48. The molecule has 0 saturated heterocycles. The standard InChI is InChI=1S/C9H11ClF2N2/c1-6-2-7(4-14-8(6)10)3-9(11,12)5-13/h2,4H,3,5,13H2,1H3. The second-order valence-electron chi connectivity index (χ2n) is 3.19. The summed E-state index contributed by atoms with van der Waals surface area (Å²) in [5.74, 6) is -2.87. The Bertz CT molecular complexity index is 329. The molecule has 0 unspecified atom stereocenters. The third-order valence-corrected chi connectivity index (χ3v) is 2.23. The molecular formula is C9H11ClF2N2. The van der Waals surface area contributed by atoms with Gasteiger partial charge in [0.25, 0.3) is 5.92 Å². The normalized spacial score (nSPS) is 11.8. The highest BCUT2D eigenvalue weighted by molar-refractivity contribution is 6.30. The van der Waals surface area contributed by atoms with E-state index in [0.717, 1.165) is 0 Å². The molecule has 0 radical (unpaired) electrons. The summed E-state index contributed by atoms with van der Waals surface area (Å²) in [7, 11) is 0. The minimum Gasteiger partial charge on any atom is -0.325 e. The number of nitrogens with zero attached hydrogens (tertiary/aromatic N) is 1. The van der Waals surface area contributed by atoms with Gasteiger partial charge in [0.15, 0.2) is 0 Å². The number of aryl methyl sites for hydroxylation is 1. The minimum atomic E-state index is -2.87. The van der Waals surface area contributed by atoms with Crippen molar-refractivity contribution in [3.05, 3.63) is 28.5 Å². The van der Waals surface area contributed by atoms with Gasteiger partial charge in [-0.1, -0.05) is 17.7 Å². The summed E-state index contributed by atoms with van der Waals surface area (Å²) in [5, 5.41) is 0.338. The highest BCUT2D eigenvalue weighted by Crippen LogP contribution is 2.20. The molecule has 14 heavy (non-hydrogen) atoms. The summed E-state index contributed by atoms with van der Waals surface area (Å²) in [6.45, 7) is 1.06. The van der Waals surface area contributed by atoms with Crippen LogP contribution in [0.25, 0.3) is 0 Å². The van der Waals surface area contributed by atoms with Gasteiger partial charge in [-0.25, -0.2) is 13.8 Å². The van der Waals surface area contributed by atoms with Crippen LogP contribution in [-0.2, 0) is 6.42 Å². The lowest BCUT2D eigenvalue weighted by Crippen LogP contribution is -2.30. The lowest BCUT2D eigenvalue weighted by molar-refractivity contribution is 0.0114. The lowest BCUT2D eigenvalue weighted by atomic mass is 10.1. The summed E-state index contributed by atoms with van der Waals surface area (Å²) in [6, 6.07) is 1.60. The van der Waals surface area contributed by atoms with E-state index < -0.39 is 18.9 Å². The van der Waals surface area contributed by atoms with Crippen molar-refractivity contribution in [2.24, 2.45) is 5.73 Å². The number of aromatic nitrogens is 1. The molecule has 0 bridgehead atoms. The van der Waals surface area contributed by atoms with Gasteiger partial charge in [-0.3, -0.25) is 0 Å². The van der Waals surface area contributed by atoms with Crippen LogP contribution in [0.5, 0.6) is 0 Å². The number of pyridine rings is 1. The third-order valence-electron chi connectivity index (χ3n) is 1.83. The molecule has 1 rings (SSSR count). The first-order chi connectivity index (χ1) is 6.44. The molecule has 0 fully saturated rings. The van der Waals surface area contributed by atoms with Gasteiger partial charge in [-0.15, -0.1) is 0 Å². The molecule has 0 aliphatic heterocycles. The summed E-state index contributed by atoms with van der Waals surface area (Å²) in [5.41, 5.74) is 6.06. The van der Waals surface area contributed by atoms with Crippen LogP contribution in [0.3, 0.4) is 0 Å².